The van der Waals surface area contributed by atoms with Gasteiger partial charge in [0.2, 0.25) is 0 Å². The van der Waals surface area contributed by atoms with Gasteiger partial charge in [-0.15, -0.1) is 0 Å². The summed E-state index contributed by atoms with van der Waals surface area (Å²) >= 11 is 0. The summed E-state index contributed by atoms with van der Waals surface area (Å²) in [4.78, 5) is 10.1. The van der Waals surface area contributed by atoms with E-state index in [9.17, 15) is 26.7 Å². The lowest BCUT2D eigenvalue weighted by Gasteiger charge is -2.43. The van der Waals surface area contributed by atoms with Gasteiger partial charge >= 0.3 is 0 Å². The van der Waals surface area contributed by atoms with Gasteiger partial charge in [-0.2, -0.15) is 0 Å². The molecule has 0 aliphatic carbocycles. The molecule has 0 bridgehead atoms. The van der Waals surface area contributed by atoms with Gasteiger partial charge in [0.05, 0.1) is 28.7 Å². The summed E-state index contributed by atoms with van der Waals surface area (Å²) in [6.45, 7) is 3.57. The van der Waals surface area contributed by atoms with Crippen LogP contribution >= 0.6 is 0 Å². The molecule has 2 aliphatic heterocycles. The smallest absolute Gasteiger partial charge is 0.266 e. The SMILES string of the molecule is C[C@@H](Nc1ncnc2c1C=C(C1(C)CCS(=O)(=O)CC1)C(O)N2C)c1cccc(C(F)F)c1F. The van der Waals surface area contributed by atoms with Crippen LogP contribution in [-0.2, 0) is 9.84 Å². The van der Waals surface area contributed by atoms with Crippen molar-refractivity contribution in [3.8, 4) is 0 Å². The highest BCUT2D eigenvalue weighted by Crippen LogP contribution is 2.46. The topological polar surface area (TPSA) is 95.4 Å². The second kappa shape index (κ2) is 8.84. The first kappa shape index (κ1) is 24.5. The summed E-state index contributed by atoms with van der Waals surface area (Å²) < 4.78 is 64.9. The first-order chi connectivity index (χ1) is 15.9. The average Bonchev–Trinajstić information content (AvgIpc) is 2.78. The zero-order chi connectivity index (χ0) is 24.8. The van der Waals surface area contributed by atoms with E-state index in [2.05, 4.69) is 15.3 Å². The van der Waals surface area contributed by atoms with Gasteiger partial charge < -0.3 is 15.3 Å². The third-order valence-corrected chi connectivity index (χ3v) is 8.53. The predicted molar refractivity (Wildman–Crippen MR) is 124 cm³/mol. The Hall–Kier alpha value is -2.66. The summed E-state index contributed by atoms with van der Waals surface area (Å²) in [5, 5.41) is 14.1. The average molecular weight is 497 g/mol. The Kier molecular flexibility index (Phi) is 6.36. The molecule has 0 amide bonds. The van der Waals surface area contributed by atoms with E-state index in [4.69, 9.17) is 0 Å². The number of alkyl halides is 2. The minimum atomic E-state index is -3.10. The lowest BCUT2D eigenvalue weighted by atomic mass is 9.74. The zero-order valence-electron chi connectivity index (χ0n) is 19.1. The van der Waals surface area contributed by atoms with Crippen molar-refractivity contribution in [1.82, 2.24) is 9.97 Å². The van der Waals surface area contributed by atoms with E-state index in [0.717, 1.165) is 6.07 Å². The molecule has 1 aromatic heterocycles. The van der Waals surface area contributed by atoms with Crippen molar-refractivity contribution in [2.24, 2.45) is 5.41 Å². The van der Waals surface area contributed by atoms with E-state index in [1.165, 1.54) is 18.5 Å². The molecule has 2 N–H and O–H groups in total. The van der Waals surface area contributed by atoms with Crippen LogP contribution in [0.15, 0.2) is 30.1 Å². The monoisotopic (exact) mass is 496 g/mol. The summed E-state index contributed by atoms with van der Waals surface area (Å²) in [7, 11) is -1.43. The zero-order valence-corrected chi connectivity index (χ0v) is 19.9. The number of halogens is 3. The maximum Gasteiger partial charge on any atom is 0.266 e. The van der Waals surface area contributed by atoms with Gasteiger partial charge in [-0.1, -0.05) is 25.1 Å². The molecule has 34 heavy (non-hydrogen) atoms. The molecule has 0 saturated carbocycles. The van der Waals surface area contributed by atoms with E-state index < -0.39 is 45.3 Å². The summed E-state index contributed by atoms with van der Waals surface area (Å²) in [6.07, 6.45) is -0.117. The number of aromatic nitrogens is 2. The van der Waals surface area contributed by atoms with Gasteiger partial charge in [0.25, 0.3) is 6.43 Å². The van der Waals surface area contributed by atoms with E-state index >= 15 is 0 Å². The second-order valence-electron chi connectivity index (χ2n) is 9.17. The number of hydrogen-bond donors (Lipinski definition) is 2. The molecule has 1 saturated heterocycles. The molecule has 4 rings (SSSR count). The van der Waals surface area contributed by atoms with E-state index in [0.29, 0.717) is 35.6 Å². The Morgan fingerprint density at radius 1 is 1.21 bits per heavy atom. The molecule has 2 aliphatic rings. The fourth-order valence-electron chi connectivity index (χ4n) is 4.59. The van der Waals surface area contributed by atoms with Gasteiger partial charge in [-0.3, -0.25) is 0 Å². The van der Waals surface area contributed by atoms with Crippen molar-refractivity contribution in [3.05, 3.63) is 52.6 Å². The van der Waals surface area contributed by atoms with Crippen molar-refractivity contribution in [1.29, 1.82) is 0 Å². The number of hydrogen-bond acceptors (Lipinski definition) is 7. The van der Waals surface area contributed by atoms with Crippen molar-refractivity contribution in [2.45, 2.75) is 45.4 Å². The molecule has 184 valence electrons. The molecule has 1 aromatic carbocycles. The van der Waals surface area contributed by atoms with Crippen LogP contribution in [0.1, 0.15) is 55.8 Å². The molecule has 3 heterocycles. The number of rotatable bonds is 5. The first-order valence-electron chi connectivity index (χ1n) is 10.9. The Balaban J connectivity index is 1.71. The molecule has 1 fully saturated rings. The Morgan fingerprint density at radius 3 is 2.50 bits per heavy atom. The number of fused-ring (bicyclic) bond motifs is 1. The highest BCUT2D eigenvalue weighted by molar-refractivity contribution is 7.91. The summed E-state index contributed by atoms with van der Waals surface area (Å²) in [6, 6.07) is 3.18. The van der Waals surface area contributed by atoms with Crippen molar-refractivity contribution in [2.75, 3.05) is 28.8 Å². The normalized spacial score (nSPS) is 22.2. The summed E-state index contributed by atoms with van der Waals surface area (Å²) in [5.41, 5.74) is 0.0581. The van der Waals surface area contributed by atoms with Crippen LogP contribution < -0.4 is 10.2 Å². The van der Waals surface area contributed by atoms with E-state index in [-0.39, 0.29) is 17.1 Å². The van der Waals surface area contributed by atoms with Crippen LogP contribution in [0.4, 0.5) is 24.8 Å². The van der Waals surface area contributed by atoms with Gasteiger partial charge in [0, 0.05) is 12.6 Å². The Bertz CT molecular complexity index is 1220. The van der Waals surface area contributed by atoms with Gasteiger partial charge in [0.1, 0.15) is 33.6 Å². The lowest BCUT2D eigenvalue weighted by Crippen LogP contribution is -2.44. The van der Waals surface area contributed by atoms with E-state index in [1.807, 2.05) is 6.92 Å². The van der Waals surface area contributed by atoms with Crippen LogP contribution in [0.5, 0.6) is 0 Å². The van der Waals surface area contributed by atoms with Crippen LogP contribution in [0.2, 0.25) is 0 Å². The molecule has 0 radical (unpaired) electrons. The molecule has 0 spiro atoms. The Labute approximate surface area is 196 Å². The third kappa shape index (κ3) is 4.38. The lowest BCUT2D eigenvalue weighted by molar-refractivity contribution is 0.146. The van der Waals surface area contributed by atoms with Crippen LogP contribution in [0.3, 0.4) is 0 Å². The van der Waals surface area contributed by atoms with Crippen LogP contribution in [-0.4, -0.2) is 48.3 Å². The molecule has 1 unspecified atom stereocenters. The number of nitrogens with one attached hydrogen (secondary N) is 1. The van der Waals surface area contributed by atoms with E-state index in [1.54, 1.807) is 24.9 Å². The fraction of sp³-hybridized carbons (Fsp3) is 0.478. The number of anilines is 2. The van der Waals surface area contributed by atoms with Crippen molar-refractivity contribution >= 4 is 27.5 Å². The number of aliphatic hydroxyl groups excluding tert-OH is 1. The maximum atomic E-state index is 14.7. The molecule has 2 aromatic rings. The number of aliphatic hydroxyl groups is 1. The molecule has 2 atom stereocenters. The predicted octanol–water partition coefficient (Wildman–Crippen LogP) is 4.09. The highest BCUT2D eigenvalue weighted by atomic mass is 32.2. The quantitative estimate of drug-likeness (QED) is 0.644. The minimum Gasteiger partial charge on any atom is -0.370 e. The number of sulfone groups is 1. The van der Waals surface area contributed by atoms with Gasteiger partial charge in [0.15, 0.2) is 6.23 Å². The minimum absolute atomic E-state index is 0.0390. The van der Waals surface area contributed by atoms with Gasteiger partial charge in [-0.25, -0.2) is 31.6 Å². The molecule has 11 heteroatoms. The maximum absolute atomic E-state index is 14.7. The largest absolute Gasteiger partial charge is 0.370 e. The molecular formula is C23H27F3N4O3S. The van der Waals surface area contributed by atoms with Crippen molar-refractivity contribution in [3.63, 3.8) is 0 Å². The standard InChI is InChI=1S/C23H27F3N4O3S/c1-13(14-5-4-6-15(18(14)24)19(25)26)29-20-16-11-17(22(31)30(3)21(16)28-12-27-20)23(2)7-9-34(32,33)10-8-23/h4-6,11-13,19,22,31H,7-10H2,1-3H3,(H,27,28,29)/t13-,22?/m1/s1. The molecule has 7 nitrogen and oxygen atoms in total. The Morgan fingerprint density at radius 2 is 1.85 bits per heavy atom. The first-order valence-corrected chi connectivity index (χ1v) is 12.8. The second-order valence-corrected chi connectivity index (χ2v) is 11.5. The highest BCUT2D eigenvalue weighted by Gasteiger charge is 2.42. The number of benzene rings is 1. The van der Waals surface area contributed by atoms with Crippen LogP contribution in [0, 0.1) is 11.2 Å². The molecular weight excluding hydrogens is 469 g/mol. The fourth-order valence-corrected chi connectivity index (χ4v) is 6.31. The van der Waals surface area contributed by atoms with Crippen LogP contribution in [0.25, 0.3) is 6.08 Å². The summed E-state index contributed by atoms with van der Waals surface area (Å²) in [5.74, 6) is -0.105. The number of likely N-dealkylation sites (N-methyl/N-ethyl adjacent to an activating group) is 1. The van der Waals surface area contributed by atoms with Gasteiger partial charge in [-0.05, 0) is 36.8 Å². The third-order valence-electron chi connectivity index (χ3n) is 6.88. The van der Waals surface area contributed by atoms with Crippen molar-refractivity contribution < 1.29 is 26.7 Å². The number of nitrogens with zero attached hydrogens (tertiary/aromatic N) is 3.